The summed E-state index contributed by atoms with van der Waals surface area (Å²) in [6, 6.07) is 6.76. The molecule has 0 fully saturated rings. The Labute approximate surface area is 121 Å². The molecule has 0 aliphatic rings. The average Bonchev–Trinajstić information content (AvgIpc) is 2.43. The second-order valence-corrected chi connectivity index (χ2v) is 5.28. The predicted molar refractivity (Wildman–Crippen MR) is 81.3 cm³/mol. The van der Waals surface area contributed by atoms with Crippen LogP contribution in [0.15, 0.2) is 24.3 Å². The molecule has 0 saturated carbocycles. The monoisotopic (exact) mass is 282 g/mol. The van der Waals surface area contributed by atoms with E-state index in [9.17, 15) is 4.39 Å². The Morgan fingerprint density at radius 2 is 2.10 bits per heavy atom. The first-order valence-electron chi connectivity index (χ1n) is 7.33. The maximum Gasteiger partial charge on any atom is 0.123 e. The van der Waals surface area contributed by atoms with Gasteiger partial charge in [0.25, 0.3) is 0 Å². The SMILES string of the molecule is CCOCCN(CC)C(C)(CN)Cc1cccc(F)c1. The lowest BCUT2D eigenvalue weighted by Crippen LogP contribution is -2.54. The molecule has 20 heavy (non-hydrogen) atoms. The highest BCUT2D eigenvalue weighted by molar-refractivity contribution is 5.19. The van der Waals surface area contributed by atoms with Crippen LogP contribution in [0.4, 0.5) is 4.39 Å². The molecule has 0 amide bonds. The van der Waals surface area contributed by atoms with Crippen molar-refractivity contribution >= 4 is 0 Å². The molecule has 114 valence electrons. The van der Waals surface area contributed by atoms with Gasteiger partial charge in [-0.05, 0) is 44.5 Å². The summed E-state index contributed by atoms with van der Waals surface area (Å²) in [5.41, 5.74) is 6.80. The average molecular weight is 282 g/mol. The van der Waals surface area contributed by atoms with E-state index in [0.29, 0.717) is 13.2 Å². The molecule has 1 aromatic carbocycles. The quantitative estimate of drug-likeness (QED) is 0.707. The molecule has 0 bridgehead atoms. The van der Waals surface area contributed by atoms with Gasteiger partial charge in [-0.25, -0.2) is 4.39 Å². The third-order valence-corrected chi connectivity index (χ3v) is 3.77. The molecule has 2 N–H and O–H groups in total. The van der Waals surface area contributed by atoms with Gasteiger partial charge in [-0.2, -0.15) is 0 Å². The molecule has 1 unspecified atom stereocenters. The minimum atomic E-state index is -0.195. The zero-order valence-corrected chi connectivity index (χ0v) is 12.9. The van der Waals surface area contributed by atoms with Gasteiger partial charge in [0, 0.05) is 25.2 Å². The van der Waals surface area contributed by atoms with Gasteiger partial charge in [-0.15, -0.1) is 0 Å². The highest BCUT2D eigenvalue weighted by atomic mass is 19.1. The van der Waals surface area contributed by atoms with Crippen molar-refractivity contribution in [3.05, 3.63) is 35.6 Å². The van der Waals surface area contributed by atoms with Gasteiger partial charge in [0.05, 0.1) is 6.61 Å². The lowest BCUT2D eigenvalue weighted by atomic mass is 9.90. The summed E-state index contributed by atoms with van der Waals surface area (Å²) in [5, 5.41) is 0. The summed E-state index contributed by atoms with van der Waals surface area (Å²) in [5.74, 6) is -0.195. The first kappa shape index (κ1) is 17.1. The van der Waals surface area contributed by atoms with Crippen LogP contribution < -0.4 is 5.73 Å². The predicted octanol–water partition coefficient (Wildman–Crippen LogP) is 2.44. The zero-order valence-electron chi connectivity index (χ0n) is 12.9. The van der Waals surface area contributed by atoms with Gasteiger partial charge in [0.1, 0.15) is 5.82 Å². The molecule has 0 aliphatic heterocycles. The molecule has 0 heterocycles. The van der Waals surface area contributed by atoms with Crippen LogP contribution in [-0.4, -0.2) is 43.3 Å². The van der Waals surface area contributed by atoms with Crippen LogP contribution >= 0.6 is 0 Å². The number of halogens is 1. The van der Waals surface area contributed by atoms with E-state index in [-0.39, 0.29) is 11.4 Å². The van der Waals surface area contributed by atoms with Crippen LogP contribution in [0.5, 0.6) is 0 Å². The van der Waals surface area contributed by atoms with Crippen molar-refractivity contribution in [1.82, 2.24) is 4.90 Å². The first-order chi connectivity index (χ1) is 9.55. The number of likely N-dealkylation sites (N-methyl/N-ethyl adjacent to an activating group) is 1. The van der Waals surface area contributed by atoms with Gasteiger partial charge in [-0.1, -0.05) is 19.1 Å². The Morgan fingerprint density at radius 3 is 2.65 bits per heavy atom. The molecule has 0 saturated heterocycles. The summed E-state index contributed by atoms with van der Waals surface area (Å²) < 4.78 is 18.7. The van der Waals surface area contributed by atoms with E-state index in [1.54, 1.807) is 12.1 Å². The fourth-order valence-electron chi connectivity index (χ4n) is 2.53. The Morgan fingerprint density at radius 1 is 1.35 bits per heavy atom. The summed E-state index contributed by atoms with van der Waals surface area (Å²) in [7, 11) is 0. The highest BCUT2D eigenvalue weighted by Crippen LogP contribution is 2.20. The Bertz CT molecular complexity index is 400. The van der Waals surface area contributed by atoms with Crippen LogP contribution in [0.25, 0.3) is 0 Å². The van der Waals surface area contributed by atoms with E-state index < -0.39 is 0 Å². The number of hydrogen-bond donors (Lipinski definition) is 1. The van der Waals surface area contributed by atoms with E-state index >= 15 is 0 Å². The second kappa shape index (κ2) is 8.35. The van der Waals surface area contributed by atoms with E-state index in [1.165, 1.54) is 6.07 Å². The minimum absolute atomic E-state index is 0.181. The number of nitrogens with two attached hydrogens (primary N) is 1. The first-order valence-corrected chi connectivity index (χ1v) is 7.33. The Hall–Kier alpha value is -0.970. The van der Waals surface area contributed by atoms with Crippen LogP contribution in [-0.2, 0) is 11.2 Å². The molecule has 0 radical (unpaired) electrons. The van der Waals surface area contributed by atoms with E-state index in [1.807, 2.05) is 13.0 Å². The van der Waals surface area contributed by atoms with Crippen molar-refractivity contribution in [2.24, 2.45) is 5.73 Å². The number of ether oxygens (including phenoxy) is 1. The lowest BCUT2D eigenvalue weighted by molar-refractivity contribution is 0.0609. The summed E-state index contributed by atoms with van der Waals surface area (Å²) >= 11 is 0. The fraction of sp³-hybridized carbons (Fsp3) is 0.625. The van der Waals surface area contributed by atoms with Crippen molar-refractivity contribution in [2.45, 2.75) is 32.7 Å². The second-order valence-electron chi connectivity index (χ2n) is 5.28. The topological polar surface area (TPSA) is 38.5 Å². The third-order valence-electron chi connectivity index (χ3n) is 3.77. The van der Waals surface area contributed by atoms with E-state index in [4.69, 9.17) is 10.5 Å². The summed E-state index contributed by atoms with van der Waals surface area (Å²) in [6.45, 7) is 9.93. The smallest absolute Gasteiger partial charge is 0.123 e. The molecule has 0 spiro atoms. The van der Waals surface area contributed by atoms with Crippen molar-refractivity contribution in [2.75, 3.05) is 32.8 Å². The molecule has 1 aromatic rings. The van der Waals surface area contributed by atoms with Crippen LogP contribution in [0.3, 0.4) is 0 Å². The minimum Gasteiger partial charge on any atom is -0.380 e. The zero-order chi connectivity index (χ0) is 15.0. The molecular weight excluding hydrogens is 255 g/mol. The van der Waals surface area contributed by atoms with Crippen molar-refractivity contribution < 1.29 is 9.13 Å². The molecule has 0 aliphatic carbocycles. The van der Waals surface area contributed by atoms with Gasteiger partial charge in [0.15, 0.2) is 0 Å². The van der Waals surface area contributed by atoms with Crippen molar-refractivity contribution in [1.29, 1.82) is 0 Å². The molecule has 4 heteroatoms. The molecule has 3 nitrogen and oxygen atoms in total. The van der Waals surface area contributed by atoms with Gasteiger partial charge in [-0.3, -0.25) is 4.90 Å². The maximum absolute atomic E-state index is 13.3. The van der Waals surface area contributed by atoms with Crippen LogP contribution in [0.2, 0.25) is 0 Å². The standard InChI is InChI=1S/C16H27FN2O/c1-4-19(9-10-20-5-2)16(3,13-18)12-14-7-6-8-15(17)11-14/h6-8,11H,4-5,9-10,12-13,18H2,1-3H3. The van der Waals surface area contributed by atoms with Crippen LogP contribution in [0.1, 0.15) is 26.3 Å². The normalized spacial score (nSPS) is 14.5. The number of nitrogens with zero attached hydrogens (tertiary/aromatic N) is 1. The fourth-order valence-corrected chi connectivity index (χ4v) is 2.53. The van der Waals surface area contributed by atoms with Crippen LogP contribution in [0, 0.1) is 5.82 Å². The van der Waals surface area contributed by atoms with Gasteiger partial charge >= 0.3 is 0 Å². The molecule has 1 atom stereocenters. The van der Waals surface area contributed by atoms with Gasteiger partial charge in [0.2, 0.25) is 0 Å². The lowest BCUT2D eigenvalue weighted by Gasteiger charge is -2.40. The number of benzene rings is 1. The maximum atomic E-state index is 13.3. The summed E-state index contributed by atoms with van der Waals surface area (Å²) in [4.78, 5) is 2.31. The van der Waals surface area contributed by atoms with Crippen molar-refractivity contribution in [3.8, 4) is 0 Å². The highest BCUT2D eigenvalue weighted by Gasteiger charge is 2.29. The Balaban J connectivity index is 2.77. The molecule has 1 rings (SSSR count). The van der Waals surface area contributed by atoms with Crippen molar-refractivity contribution in [3.63, 3.8) is 0 Å². The van der Waals surface area contributed by atoms with E-state index in [2.05, 4.69) is 18.7 Å². The third kappa shape index (κ3) is 4.85. The van der Waals surface area contributed by atoms with E-state index in [0.717, 1.165) is 31.7 Å². The molecule has 0 aromatic heterocycles. The van der Waals surface area contributed by atoms with Gasteiger partial charge < -0.3 is 10.5 Å². The number of rotatable bonds is 9. The number of hydrogen-bond acceptors (Lipinski definition) is 3. The summed E-state index contributed by atoms with van der Waals surface area (Å²) in [6.07, 6.45) is 0.737. The largest absolute Gasteiger partial charge is 0.380 e. The Kier molecular flexibility index (Phi) is 7.13. The molecular formula is C16H27FN2O.